The summed E-state index contributed by atoms with van der Waals surface area (Å²) in [5.74, 6) is -5.32. The third-order valence-electron chi connectivity index (χ3n) is 1.83. The average Bonchev–Trinajstić information content (AvgIpc) is 2.27. The molecule has 1 atom stereocenters. The molecule has 0 rings (SSSR count). The van der Waals surface area contributed by atoms with E-state index in [-0.39, 0.29) is 25.7 Å². The van der Waals surface area contributed by atoms with Crippen molar-refractivity contribution in [2.75, 3.05) is 6.61 Å². The predicted molar refractivity (Wildman–Crippen MR) is 59.6 cm³/mol. The maximum absolute atomic E-state index is 10.2. The molecule has 0 radical (unpaired) electrons. The standard InChI is InChI=1S/C6H10O5.C4H6O4/c7-3-4(6(10)11)1-2-5(8)9;5-3(6)1-2-4(7)8/h4,7H,1-3H2,(H,8,9)(H,10,11);1-2H2,(H,5,6)(H,7,8). The molecule has 0 amide bonds. The van der Waals surface area contributed by atoms with Crippen molar-refractivity contribution >= 4 is 23.9 Å². The molecule has 0 aromatic heterocycles. The van der Waals surface area contributed by atoms with Gasteiger partial charge in [0.05, 0.1) is 25.4 Å². The molecule has 110 valence electrons. The monoisotopic (exact) mass is 280 g/mol. The number of carboxylic acids is 4. The molecule has 0 saturated heterocycles. The summed E-state index contributed by atoms with van der Waals surface area (Å²) in [6, 6.07) is 0. The number of rotatable bonds is 8. The van der Waals surface area contributed by atoms with Crippen molar-refractivity contribution in [1.82, 2.24) is 0 Å². The molecule has 0 aliphatic rings. The van der Waals surface area contributed by atoms with Gasteiger partial charge in [0.15, 0.2) is 0 Å². The summed E-state index contributed by atoms with van der Waals surface area (Å²) < 4.78 is 0. The second kappa shape index (κ2) is 11.0. The number of aliphatic hydroxyl groups excluding tert-OH is 1. The van der Waals surface area contributed by atoms with E-state index in [2.05, 4.69) is 0 Å². The van der Waals surface area contributed by atoms with Gasteiger partial charge in [0, 0.05) is 6.42 Å². The van der Waals surface area contributed by atoms with Crippen LogP contribution in [0.2, 0.25) is 0 Å². The highest BCUT2D eigenvalue weighted by atomic mass is 16.4. The molecule has 19 heavy (non-hydrogen) atoms. The van der Waals surface area contributed by atoms with Crippen molar-refractivity contribution in [3.8, 4) is 0 Å². The minimum Gasteiger partial charge on any atom is -0.481 e. The number of hydrogen-bond donors (Lipinski definition) is 5. The highest BCUT2D eigenvalue weighted by Gasteiger charge is 2.16. The summed E-state index contributed by atoms with van der Waals surface area (Å²) in [5, 5.41) is 40.7. The van der Waals surface area contributed by atoms with Gasteiger partial charge in [-0.1, -0.05) is 0 Å². The van der Waals surface area contributed by atoms with Gasteiger partial charge in [0.2, 0.25) is 0 Å². The van der Waals surface area contributed by atoms with E-state index in [1.165, 1.54) is 0 Å². The molecule has 9 nitrogen and oxygen atoms in total. The third-order valence-corrected chi connectivity index (χ3v) is 1.83. The molecule has 0 heterocycles. The molecular weight excluding hydrogens is 264 g/mol. The SMILES string of the molecule is O=C(O)CCC(=O)O.O=C(O)CCC(CO)C(=O)O. The Morgan fingerprint density at radius 3 is 1.32 bits per heavy atom. The topological polar surface area (TPSA) is 169 Å². The average molecular weight is 280 g/mol. The molecule has 0 fully saturated rings. The Labute approximate surface area is 108 Å². The van der Waals surface area contributed by atoms with Crippen LogP contribution in [0.4, 0.5) is 0 Å². The van der Waals surface area contributed by atoms with Crippen LogP contribution in [0.25, 0.3) is 0 Å². The summed E-state index contributed by atoms with van der Waals surface area (Å²) in [5.41, 5.74) is 0. The van der Waals surface area contributed by atoms with Crippen molar-refractivity contribution in [3.05, 3.63) is 0 Å². The maximum Gasteiger partial charge on any atom is 0.308 e. The zero-order valence-corrected chi connectivity index (χ0v) is 9.98. The summed E-state index contributed by atoms with van der Waals surface area (Å²) in [7, 11) is 0. The largest absolute Gasteiger partial charge is 0.481 e. The molecule has 0 aromatic rings. The molecule has 0 saturated carbocycles. The summed E-state index contributed by atoms with van der Waals surface area (Å²) in [6.45, 7) is -0.511. The lowest BCUT2D eigenvalue weighted by atomic mass is 10.1. The van der Waals surface area contributed by atoms with Crippen LogP contribution < -0.4 is 0 Å². The van der Waals surface area contributed by atoms with Crippen LogP contribution >= 0.6 is 0 Å². The van der Waals surface area contributed by atoms with E-state index >= 15 is 0 Å². The Morgan fingerprint density at radius 1 is 0.737 bits per heavy atom. The Bertz CT molecular complexity index is 309. The predicted octanol–water partition coefficient (Wildman–Crippen LogP) is -0.520. The van der Waals surface area contributed by atoms with Crippen LogP contribution in [0.1, 0.15) is 25.7 Å². The van der Waals surface area contributed by atoms with Crippen LogP contribution in [0.5, 0.6) is 0 Å². The van der Waals surface area contributed by atoms with Crippen molar-refractivity contribution < 1.29 is 44.7 Å². The van der Waals surface area contributed by atoms with E-state index < -0.39 is 36.4 Å². The molecule has 0 spiro atoms. The van der Waals surface area contributed by atoms with E-state index in [4.69, 9.17) is 25.5 Å². The van der Waals surface area contributed by atoms with Crippen molar-refractivity contribution in [2.45, 2.75) is 25.7 Å². The van der Waals surface area contributed by atoms with Gasteiger partial charge in [-0.25, -0.2) is 0 Å². The summed E-state index contributed by atoms with van der Waals surface area (Å²) in [6.07, 6.45) is -0.844. The van der Waals surface area contributed by atoms with Gasteiger partial charge in [-0.3, -0.25) is 19.2 Å². The summed E-state index contributed by atoms with van der Waals surface area (Å²) in [4.78, 5) is 39.4. The Morgan fingerprint density at radius 2 is 1.11 bits per heavy atom. The molecule has 0 aliphatic heterocycles. The first-order valence-corrected chi connectivity index (χ1v) is 5.19. The second-order valence-corrected chi connectivity index (χ2v) is 3.44. The first-order valence-electron chi connectivity index (χ1n) is 5.19. The number of aliphatic hydroxyl groups is 1. The Hall–Kier alpha value is -2.16. The lowest BCUT2D eigenvalue weighted by Gasteiger charge is -2.05. The van der Waals surface area contributed by atoms with Crippen molar-refractivity contribution in [2.24, 2.45) is 5.92 Å². The van der Waals surface area contributed by atoms with E-state index in [0.717, 1.165) is 0 Å². The van der Waals surface area contributed by atoms with Gasteiger partial charge < -0.3 is 25.5 Å². The number of aliphatic carboxylic acids is 4. The lowest BCUT2D eigenvalue weighted by molar-refractivity contribution is -0.144. The maximum atomic E-state index is 10.2. The first kappa shape index (κ1) is 19.2. The lowest BCUT2D eigenvalue weighted by Crippen LogP contribution is -2.18. The zero-order chi connectivity index (χ0) is 15.4. The third kappa shape index (κ3) is 15.8. The first-order chi connectivity index (χ1) is 8.70. The minimum atomic E-state index is -1.16. The van der Waals surface area contributed by atoms with Crippen LogP contribution in [0.3, 0.4) is 0 Å². The highest BCUT2D eigenvalue weighted by molar-refractivity contribution is 5.75. The fourth-order valence-electron chi connectivity index (χ4n) is 0.804. The minimum absolute atomic E-state index is 0.0266. The Balaban J connectivity index is 0. The van der Waals surface area contributed by atoms with Crippen molar-refractivity contribution in [1.29, 1.82) is 0 Å². The van der Waals surface area contributed by atoms with Gasteiger partial charge >= 0.3 is 23.9 Å². The van der Waals surface area contributed by atoms with E-state index in [9.17, 15) is 19.2 Å². The smallest absolute Gasteiger partial charge is 0.308 e. The van der Waals surface area contributed by atoms with Crippen LogP contribution in [-0.4, -0.2) is 56.0 Å². The van der Waals surface area contributed by atoms with Crippen LogP contribution in [-0.2, 0) is 19.2 Å². The molecule has 0 aromatic carbocycles. The molecule has 5 N–H and O–H groups in total. The molecule has 0 bridgehead atoms. The van der Waals surface area contributed by atoms with Gasteiger partial charge in [0.1, 0.15) is 0 Å². The van der Waals surface area contributed by atoms with E-state index in [0.29, 0.717) is 0 Å². The number of carboxylic acid groups (broad SMARTS) is 4. The van der Waals surface area contributed by atoms with Crippen LogP contribution in [0, 0.1) is 5.92 Å². The normalized spacial score (nSPS) is 10.8. The Kier molecular flexibility index (Phi) is 11.1. The number of hydrogen-bond acceptors (Lipinski definition) is 5. The highest BCUT2D eigenvalue weighted by Crippen LogP contribution is 2.05. The molecule has 9 heteroatoms. The second-order valence-electron chi connectivity index (χ2n) is 3.44. The fourth-order valence-corrected chi connectivity index (χ4v) is 0.804. The van der Waals surface area contributed by atoms with E-state index in [1.807, 2.05) is 0 Å². The van der Waals surface area contributed by atoms with Crippen molar-refractivity contribution in [3.63, 3.8) is 0 Å². The van der Waals surface area contributed by atoms with Gasteiger partial charge in [-0.2, -0.15) is 0 Å². The number of carbonyl (C=O) groups is 4. The molecule has 1 unspecified atom stereocenters. The van der Waals surface area contributed by atoms with Gasteiger partial charge in [0.25, 0.3) is 0 Å². The van der Waals surface area contributed by atoms with Crippen LogP contribution in [0.15, 0.2) is 0 Å². The fraction of sp³-hybridized carbons (Fsp3) is 0.600. The van der Waals surface area contributed by atoms with Gasteiger partial charge in [-0.15, -0.1) is 0 Å². The summed E-state index contributed by atoms with van der Waals surface area (Å²) >= 11 is 0. The van der Waals surface area contributed by atoms with E-state index in [1.54, 1.807) is 0 Å². The zero-order valence-electron chi connectivity index (χ0n) is 9.98. The molecule has 0 aliphatic carbocycles. The quantitative estimate of drug-likeness (QED) is 0.392. The van der Waals surface area contributed by atoms with Gasteiger partial charge in [-0.05, 0) is 6.42 Å². The molecular formula is C10H16O9.